The number of likely N-dealkylation sites (tertiary alicyclic amines) is 1. The molecule has 2 amide bonds. The molecule has 4 rings (SSSR count). The first-order valence-corrected chi connectivity index (χ1v) is 10.4. The molecule has 0 bridgehead atoms. The molecule has 2 aromatic heterocycles. The number of aromatic nitrogens is 3. The lowest BCUT2D eigenvalue weighted by Gasteiger charge is -2.22. The summed E-state index contributed by atoms with van der Waals surface area (Å²) in [6.45, 7) is 4.93. The van der Waals surface area contributed by atoms with Gasteiger partial charge in [0.1, 0.15) is 29.8 Å². The van der Waals surface area contributed by atoms with Crippen LogP contribution in [0.1, 0.15) is 41.2 Å². The molecule has 0 N–H and O–H groups in total. The predicted octanol–water partition coefficient (Wildman–Crippen LogP) is 1.89. The van der Waals surface area contributed by atoms with Crippen molar-refractivity contribution in [2.75, 3.05) is 6.54 Å². The SMILES string of the molecule is CC(=O)N1CC(=O)[C@H]([C@H](c2cccnc2)c2n(Cc3ccccc3)c(C)c(C)[n+]2[O-])C1=O. The first-order chi connectivity index (χ1) is 15.3. The van der Waals surface area contributed by atoms with Crippen LogP contribution in [0, 0.1) is 25.0 Å². The molecule has 3 heterocycles. The lowest BCUT2D eigenvalue weighted by molar-refractivity contribution is -0.621. The summed E-state index contributed by atoms with van der Waals surface area (Å²) < 4.78 is 2.65. The number of nitrogens with zero attached hydrogens (tertiary/aromatic N) is 4. The van der Waals surface area contributed by atoms with Crippen molar-refractivity contribution in [1.82, 2.24) is 14.5 Å². The van der Waals surface area contributed by atoms with E-state index in [0.29, 0.717) is 17.8 Å². The molecular formula is C24H24N4O4. The predicted molar refractivity (Wildman–Crippen MR) is 115 cm³/mol. The molecule has 0 unspecified atom stereocenters. The Morgan fingerprint density at radius 2 is 1.91 bits per heavy atom. The van der Waals surface area contributed by atoms with Gasteiger partial charge in [0, 0.05) is 33.2 Å². The number of hydrogen-bond donors (Lipinski definition) is 0. The van der Waals surface area contributed by atoms with Gasteiger partial charge in [-0.2, -0.15) is 0 Å². The highest BCUT2D eigenvalue weighted by molar-refractivity contribution is 6.15. The van der Waals surface area contributed by atoms with Crippen molar-refractivity contribution in [3.8, 4) is 0 Å². The third-order valence-electron chi connectivity index (χ3n) is 6.13. The van der Waals surface area contributed by atoms with Gasteiger partial charge in [-0.25, -0.2) is 9.30 Å². The Morgan fingerprint density at radius 1 is 1.19 bits per heavy atom. The highest BCUT2D eigenvalue weighted by atomic mass is 16.5. The fraction of sp³-hybridized carbons (Fsp3) is 0.292. The van der Waals surface area contributed by atoms with Gasteiger partial charge < -0.3 is 5.21 Å². The summed E-state index contributed by atoms with van der Waals surface area (Å²) in [4.78, 5) is 43.2. The van der Waals surface area contributed by atoms with E-state index in [9.17, 15) is 19.6 Å². The Morgan fingerprint density at radius 3 is 2.50 bits per heavy atom. The van der Waals surface area contributed by atoms with Gasteiger partial charge in [-0.05, 0) is 17.2 Å². The van der Waals surface area contributed by atoms with Crippen LogP contribution in [-0.4, -0.2) is 38.6 Å². The second kappa shape index (κ2) is 8.37. The van der Waals surface area contributed by atoms with Gasteiger partial charge in [0.05, 0.1) is 6.54 Å². The summed E-state index contributed by atoms with van der Waals surface area (Å²) in [6, 6.07) is 13.1. The molecule has 0 aliphatic carbocycles. The molecule has 1 aliphatic rings. The van der Waals surface area contributed by atoms with Crippen LogP contribution in [-0.2, 0) is 20.9 Å². The molecule has 3 aromatic rings. The molecule has 2 atom stereocenters. The lowest BCUT2D eigenvalue weighted by atomic mass is 9.84. The Kier molecular flexibility index (Phi) is 5.61. The Hall–Kier alpha value is -3.81. The summed E-state index contributed by atoms with van der Waals surface area (Å²) in [5.74, 6) is -3.22. The van der Waals surface area contributed by atoms with E-state index in [2.05, 4.69) is 4.98 Å². The molecule has 8 heteroatoms. The van der Waals surface area contributed by atoms with E-state index in [4.69, 9.17) is 0 Å². The third kappa shape index (κ3) is 3.57. The average molecular weight is 432 g/mol. The number of hydrogen-bond acceptors (Lipinski definition) is 5. The minimum absolute atomic E-state index is 0.286. The zero-order chi connectivity index (χ0) is 23.0. The van der Waals surface area contributed by atoms with E-state index < -0.39 is 23.7 Å². The van der Waals surface area contributed by atoms with Gasteiger partial charge in [-0.15, -0.1) is 0 Å². The highest BCUT2D eigenvalue weighted by Crippen LogP contribution is 2.36. The maximum Gasteiger partial charge on any atom is 0.269 e. The molecule has 1 aromatic carbocycles. The van der Waals surface area contributed by atoms with Crippen molar-refractivity contribution in [3.63, 3.8) is 0 Å². The number of ketones is 1. The number of imidazole rings is 1. The standard InChI is InChI=1S/C24H24N4O4/c1-15-16(2)28(32)23(26(15)13-18-8-5-4-6-9-18)21(19-10-7-11-25-12-19)22-20(30)14-27(17(3)29)24(22)31/h4-12,21-22H,13-14H2,1-3H3/t21-,22+/m0/s1. The van der Waals surface area contributed by atoms with Crippen molar-refractivity contribution >= 4 is 17.6 Å². The summed E-state index contributed by atoms with van der Waals surface area (Å²) in [6.07, 6.45) is 3.15. The number of imide groups is 1. The van der Waals surface area contributed by atoms with E-state index in [1.165, 1.54) is 6.92 Å². The minimum atomic E-state index is -1.17. The van der Waals surface area contributed by atoms with Crippen LogP contribution in [0.25, 0.3) is 0 Å². The van der Waals surface area contributed by atoms with Crippen molar-refractivity contribution in [3.05, 3.63) is 88.4 Å². The quantitative estimate of drug-likeness (QED) is 0.348. The van der Waals surface area contributed by atoms with Gasteiger partial charge >= 0.3 is 0 Å². The van der Waals surface area contributed by atoms with Crippen LogP contribution < -0.4 is 4.73 Å². The normalized spacial score (nSPS) is 17.1. The monoisotopic (exact) mass is 432 g/mol. The van der Waals surface area contributed by atoms with Crippen LogP contribution in [0.2, 0.25) is 0 Å². The zero-order valence-electron chi connectivity index (χ0n) is 18.2. The summed E-state index contributed by atoms with van der Waals surface area (Å²) in [7, 11) is 0. The fourth-order valence-corrected chi connectivity index (χ4v) is 4.34. The summed E-state index contributed by atoms with van der Waals surface area (Å²) >= 11 is 0. The molecular weight excluding hydrogens is 408 g/mol. The first kappa shape index (κ1) is 21.4. The topological polar surface area (TPSA) is 99.2 Å². The molecule has 0 radical (unpaired) electrons. The second-order valence-electron chi connectivity index (χ2n) is 8.05. The Balaban J connectivity index is 1.92. The minimum Gasteiger partial charge on any atom is -0.711 e. The summed E-state index contributed by atoms with van der Waals surface area (Å²) in [5, 5.41) is 13.4. The van der Waals surface area contributed by atoms with Gasteiger partial charge in [-0.1, -0.05) is 36.4 Å². The van der Waals surface area contributed by atoms with Gasteiger partial charge in [0.2, 0.25) is 11.8 Å². The van der Waals surface area contributed by atoms with Crippen LogP contribution in [0.5, 0.6) is 0 Å². The largest absolute Gasteiger partial charge is 0.711 e. The number of pyridine rings is 1. The first-order valence-electron chi connectivity index (χ1n) is 10.4. The molecule has 8 nitrogen and oxygen atoms in total. The molecule has 1 aliphatic heterocycles. The number of carbonyl (C=O) groups excluding carboxylic acids is 3. The van der Waals surface area contributed by atoms with Crippen LogP contribution in [0.3, 0.4) is 0 Å². The van der Waals surface area contributed by atoms with E-state index in [1.54, 1.807) is 31.5 Å². The Labute approximate surface area is 185 Å². The Bertz CT molecular complexity index is 1190. The van der Waals surface area contributed by atoms with Crippen LogP contribution >= 0.6 is 0 Å². The maximum absolute atomic E-state index is 13.4. The third-order valence-corrected chi connectivity index (χ3v) is 6.13. The molecule has 1 fully saturated rings. The number of Topliss-reactive ketones (excluding diaryl/α,β-unsaturated/α-hetero) is 1. The van der Waals surface area contributed by atoms with Gasteiger partial charge in [-0.3, -0.25) is 24.3 Å². The zero-order valence-corrected chi connectivity index (χ0v) is 18.2. The van der Waals surface area contributed by atoms with E-state index in [1.807, 2.05) is 41.8 Å². The number of amides is 2. The lowest BCUT2D eigenvalue weighted by Crippen LogP contribution is -2.41. The van der Waals surface area contributed by atoms with Gasteiger partial charge in [0.15, 0.2) is 5.78 Å². The molecule has 1 saturated heterocycles. The molecule has 32 heavy (non-hydrogen) atoms. The fourth-order valence-electron chi connectivity index (χ4n) is 4.34. The molecule has 164 valence electrons. The number of carbonyl (C=O) groups is 3. The molecule has 0 spiro atoms. The summed E-state index contributed by atoms with van der Waals surface area (Å²) in [5.41, 5.74) is 2.79. The second-order valence-corrected chi connectivity index (χ2v) is 8.05. The van der Waals surface area contributed by atoms with Crippen LogP contribution in [0.4, 0.5) is 0 Å². The van der Waals surface area contributed by atoms with E-state index >= 15 is 0 Å². The van der Waals surface area contributed by atoms with Crippen molar-refractivity contribution < 1.29 is 19.1 Å². The van der Waals surface area contributed by atoms with E-state index in [0.717, 1.165) is 20.9 Å². The van der Waals surface area contributed by atoms with E-state index in [-0.39, 0.29) is 18.2 Å². The highest BCUT2D eigenvalue weighted by Gasteiger charge is 2.50. The number of rotatable bonds is 5. The van der Waals surface area contributed by atoms with Crippen molar-refractivity contribution in [1.29, 1.82) is 0 Å². The van der Waals surface area contributed by atoms with Crippen molar-refractivity contribution in [2.45, 2.75) is 33.2 Å². The molecule has 0 saturated carbocycles. The smallest absolute Gasteiger partial charge is 0.269 e. The van der Waals surface area contributed by atoms with Gasteiger partial charge in [0.25, 0.3) is 5.82 Å². The van der Waals surface area contributed by atoms with Crippen LogP contribution in [0.15, 0.2) is 54.9 Å². The maximum atomic E-state index is 13.4. The average Bonchev–Trinajstić information content (AvgIpc) is 3.19. The van der Waals surface area contributed by atoms with Crippen molar-refractivity contribution in [2.24, 2.45) is 5.92 Å². The number of benzene rings is 1.